The highest BCUT2D eigenvalue weighted by atomic mass is 19.1. The maximum Gasteiger partial charge on any atom is 0.257 e. The van der Waals surface area contributed by atoms with E-state index >= 15 is 0 Å². The van der Waals surface area contributed by atoms with Gasteiger partial charge in [-0.05, 0) is 61.4 Å². The predicted molar refractivity (Wildman–Crippen MR) is 113 cm³/mol. The van der Waals surface area contributed by atoms with Gasteiger partial charge in [0.25, 0.3) is 5.91 Å². The minimum absolute atomic E-state index is 0.341. The summed E-state index contributed by atoms with van der Waals surface area (Å²) in [6.07, 6.45) is 0. The van der Waals surface area contributed by atoms with Crippen molar-refractivity contribution in [2.45, 2.75) is 13.8 Å². The lowest BCUT2D eigenvalue weighted by molar-refractivity contribution is 0.0394. The second-order valence-electron chi connectivity index (χ2n) is 7.07. The van der Waals surface area contributed by atoms with E-state index < -0.39 is 0 Å². The van der Waals surface area contributed by atoms with Crippen molar-refractivity contribution in [1.82, 2.24) is 10.2 Å². The molecule has 0 aromatic heterocycles. The van der Waals surface area contributed by atoms with E-state index in [0.717, 1.165) is 44.1 Å². The molecule has 0 spiro atoms. The zero-order chi connectivity index (χ0) is 20.6. The van der Waals surface area contributed by atoms with Gasteiger partial charge >= 0.3 is 0 Å². The van der Waals surface area contributed by atoms with E-state index in [1.807, 2.05) is 32.0 Å². The van der Waals surface area contributed by atoms with Crippen molar-refractivity contribution in [3.05, 3.63) is 65.0 Å². The number of ether oxygens (including phenoxy) is 1. The fourth-order valence-corrected chi connectivity index (χ4v) is 2.98. The van der Waals surface area contributed by atoms with Crippen molar-refractivity contribution in [3.63, 3.8) is 0 Å². The summed E-state index contributed by atoms with van der Waals surface area (Å²) < 4.78 is 18.5. The van der Waals surface area contributed by atoms with Gasteiger partial charge in [-0.3, -0.25) is 20.0 Å². The van der Waals surface area contributed by atoms with Gasteiger partial charge in [0.15, 0.2) is 0 Å². The molecule has 2 N–H and O–H groups in total. The van der Waals surface area contributed by atoms with Crippen molar-refractivity contribution in [2.24, 2.45) is 4.99 Å². The summed E-state index contributed by atoms with van der Waals surface area (Å²) >= 11 is 0. The van der Waals surface area contributed by atoms with Gasteiger partial charge in [-0.1, -0.05) is 6.07 Å². The molecule has 0 aliphatic carbocycles. The van der Waals surface area contributed by atoms with Crippen LogP contribution < -0.4 is 10.6 Å². The van der Waals surface area contributed by atoms with Crippen molar-refractivity contribution in [3.8, 4) is 0 Å². The first kappa shape index (κ1) is 21.0. The molecule has 1 fully saturated rings. The van der Waals surface area contributed by atoms with Gasteiger partial charge in [0.1, 0.15) is 5.82 Å². The molecule has 0 atom stereocenters. The third-order valence-corrected chi connectivity index (χ3v) is 4.90. The Balaban J connectivity index is 1.70. The number of nitrogens with one attached hydrogen (secondary N) is 2. The minimum Gasteiger partial charge on any atom is -0.379 e. The highest BCUT2D eigenvalue weighted by molar-refractivity contribution is 6.09. The van der Waals surface area contributed by atoms with E-state index in [-0.39, 0.29) is 11.7 Å². The number of morpholine rings is 1. The Morgan fingerprint density at radius 3 is 2.52 bits per heavy atom. The Kier molecular flexibility index (Phi) is 7.32. The number of nitrogens with zero attached hydrogens (tertiary/aromatic N) is 2. The van der Waals surface area contributed by atoms with Crippen LogP contribution in [0, 0.1) is 19.7 Å². The summed E-state index contributed by atoms with van der Waals surface area (Å²) in [6, 6.07) is 11.4. The second-order valence-corrected chi connectivity index (χ2v) is 7.07. The maximum absolute atomic E-state index is 13.1. The van der Waals surface area contributed by atoms with Crippen LogP contribution in [-0.4, -0.2) is 56.2 Å². The van der Waals surface area contributed by atoms with Crippen LogP contribution in [0.2, 0.25) is 0 Å². The smallest absolute Gasteiger partial charge is 0.257 e. The summed E-state index contributed by atoms with van der Waals surface area (Å²) in [6.45, 7) is 8.65. The molecular formula is C22H27FN4O2. The van der Waals surface area contributed by atoms with Gasteiger partial charge in [-0.15, -0.1) is 0 Å². The molecule has 1 aliphatic rings. The van der Waals surface area contributed by atoms with Crippen molar-refractivity contribution in [1.29, 1.82) is 0 Å². The van der Waals surface area contributed by atoms with Gasteiger partial charge in [-0.2, -0.15) is 0 Å². The molecule has 1 aliphatic heterocycles. The molecule has 29 heavy (non-hydrogen) atoms. The average molecular weight is 398 g/mol. The number of rotatable bonds is 5. The van der Waals surface area contributed by atoms with Gasteiger partial charge in [-0.25, -0.2) is 4.39 Å². The zero-order valence-corrected chi connectivity index (χ0v) is 16.9. The Morgan fingerprint density at radius 1 is 1.10 bits per heavy atom. The molecule has 0 bridgehead atoms. The van der Waals surface area contributed by atoms with E-state index in [1.54, 1.807) is 0 Å². The van der Waals surface area contributed by atoms with E-state index in [0.29, 0.717) is 18.1 Å². The van der Waals surface area contributed by atoms with E-state index in [2.05, 4.69) is 20.5 Å². The molecule has 0 unspecified atom stereocenters. The number of hydrogen-bond acceptors (Lipinski definition) is 4. The van der Waals surface area contributed by atoms with Crippen LogP contribution >= 0.6 is 0 Å². The summed E-state index contributed by atoms with van der Waals surface area (Å²) in [5, 5.41) is 6.00. The third-order valence-electron chi connectivity index (χ3n) is 4.90. The summed E-state index contributed by atoms with van der Waals surface area (Å²) in [5.41, 5.74) is 3.55. The minimum atomic E-state index is -0.380. The zero-order valence-electron chi connectivity index (χ0n) is 16.9. The van der Waals surface area contributed by atoms with E-state index in [4.69, 9.17) is 4.74 Å². The number of aliphatic imine (C=N–C) groups is 1. The normalized spacial score (nSPS) is 15.2. The van der Waals surface area contributed by atoms with Crippen LogP contribution in [0.25, 0.3) is 0 Å². The Bertz CT molecular complexity index is 862. The van der Waals surface area contributed by atoms with Crippen LogP contribution in [0.4, 0.5) is 10.1 Å². The largest absolute Gasteiger partial charge is 0.379 e. The third kappa shape index (κ3) is 6.37. The van der Waals surface area contributed by atoms with Gasteiger partial charge in [0.2, 0.25) is 5.96 Å². The molecule has 7 heteroatoms. The molecule has 1 amide bonds. The van der Waals surface area contributed by atoms with Gasteiger partial charge < -0.3 is 10.1 Å². The number of carbonyl (C=O) groups excluding carboxylic acids is 1. The van der Waals surface area contributed by atoms with Crippen LogP contribution in [-0.2, 0) is 4.74 Å². The molecule has 2 aromatic carbocycles. The van der Waals surface area contributed by atoms with Gasteiger partial charge in [0, 0.05) is 30.9 Å². The number of guanidine groups is 1. The second kappa shape index (κ2) is 10.1. The number of carbonyl (C=O) groups is 1. The van der Waals surface area contributed by atoms with Crippen LogP contribution in [0.15, 0.2) is 47.5 Å². The number of anilines is 1. The van der Waals surface area contributed by atoms with Crippen molar-refractivity contribution in [2.75, 3.05) is 44.7 Å². The van der Waals surface area contributed by atoms with Crippen molar-refractivity contribution < 1.29 is 13.9 Å². The monoisotopic (exact) mass is 398 g/mol. The Hall–Kier alpha value is -2.77. The highest BCUT2D eigenvalue weighted by Gasteiger charge is 2.12. The Labute approximate surface area is 170 Å². The average Bonchev–Trinajstić information content (AvgIpc) is 2.72. The predicted octanol–water partition coefficient (Wildman–Crippen LogP) is 2.97. The molecule has 1 heterocycles. The lowest BCUT2D eigenvalue weighted by Crippen LogP contribution is -2.39. The first-order chi connectivity index (χ1) is 14.0. The lowest BCUT2D eigenvalue weighted by atomic mass is 10.1. The highest BCUT2D eigenvalue weighted by Crippen LogP contribution is 2.14. The van der Waals surface area contributed by atoms with Crippen LogP contribution in [0.5, 0.6) is 0 Å². The molecule has 0 saturated carbocycles. The summed E-state index contributed by atoms with van der Waals surface area (Å²) in [4.78, 5) is 19.4. The number of benzene rings is 2. The molecular weight excluding hydrogens is 371 g/mol. The topological polar surface area (TPSA) is 66.0 Å². The lowest BCUT2D eigenvalue weighted by Gasteiger charge is -2.25. The number of aryl methyl sites for hydroxylation is 2. The number of amides is 1. The first-order valence-electron chi connectivity index (χ1n) is 9.77. The summed E-state index contributed by atoms with van der Waals surface area (Å²) in [7, 11) is 0. The standard InChI is InChI=1S/C22H27FN4O2/c1-16-3-8-20(15-17(16)2)25-22(24-9-10-27-11-13-29-14-12-27)26-21(28)18-4-6-19(23)7-5-18/h3-8,15H,9-14H2,1-2H3,(H2,24,25,26,28). The molecule has 0 radical (unpaired) electrons. The van der Waals surface area contributed by atoms with Crippen LogP contribution in [0.3, 0.4) is 0 Å². The summed E-state index contributed by atoms with van der Waals surface area (Å²) in [5.74, 6) is -0.350. The fourth-order valence-electron chi connectivity index (χ4n) is 2.98. The molecule has 3 rings (SSSR count). The maximum atomic E-state index is 13.1. The SMILES string of the molecule is Cc1ccc(NC(=NCCN2CCOCC2)NC(=O)c2ccc(F)cc2)cc1C. The Morgan fingerprint density at radius 2 is 1.83 bits per heavy atom. The fraction of sp³-hybridized carbons (Fsp3) is 0.364. The molecule has 2 aromatic rings. The van der Waals surface area contributed by atoms with Crippen molar-refractivity contribution >= 4 is 17.6 Å². The van der Waals surface area contributed by atoms with E-state index in [9.17, 15) is 9.18 Å². The van der Waals surface area contributed by atoms with E-state index in [1.165, 1.54) is 29.8 Å². The number of hydrogen-bond donors (Lipinski definition) is 2. The number of halogens is 1. The molecule has 6 nitrogen and oxygen atoms in total. The van der Waals surface area contributed by atoms with Gasteiger partial charge in [0.05, 0.1) is 19.8 Å². The van der Waals surface area contributed by atoms with Crippen LogP contribution in [0.1, 0.15) is 21.5 Å². The quantitative estimate of drug-likeness (QED) is 0.600. The molecule has 154 valence electrons. The first-order valence-corrected chi connectivity index (χ1v) is 9.77. The molecule has 1 saturated heterocycles.